The number of piperidine rings is 1. The molecule has 0 radical (unpaired) electrons. The highest BCUT2D eigenvalue weighted by Crippen LogP contribution is 2.29. The van der Waals surface area contributed by atoms with Gasteiger partial charge in [-0.1, -0.05) is 28.1 Å². The van der Waals surface area contributed by atoms with Crippen LogP contribution in [0.4, 0.5) is 0 Å². The number of hydrogen-bond donors (Lipinski definition) is 2. The fraction of sp³-hybridized carbons (Fsp3) is 0.588. The second-order valence-corrected chi connectivity index (χ2v) is 7.08. The largest absolute Gasteiger partial charge is 0.384 e. The minimum atomic E-state index is -0.381. The van der Waals surface area contributed by atoms with Gasteiger partial charge in [-0.2, -0.15) is 0 Å². The van der Waals surface area contributed by atoms with Crippen LogP contribution in [0.25, 0.3) is 0 Å². The van der Waals surface area contributed by atoms with Crippen molar-refractivity contribution in [3.05, 3.63) is 34.3 Å². The topological polar surface area (TPSA) is 50.4 Å². The molecule has 1 aliphatic rings. The summed E-state index contributed by atoms with van der Waals surface area (Å²) in [4.78, 5) is 12.7. The molecular weight excluding hydrogens is 344 g/mol. The summed E-state index contributed by atoms with van der Waals surface area (Å²) >= 11 is 3.44. The number of hydrogen-bond acceptors (Lipinski definition) is 3. The van der Waals surface area contributed by atoms with E-state index in [0.717, 1.165) is 36.8 Å². The minimum Gasteiger partial charge on any atom is -0.384 e. The normalized spacial score (nSPS) is 18.7. The number of carbonyl (C=O) groups excluding carboxylic acids is 1. The molecule has 1 heterocycles. The van der Waals surface area contributed by atoms with Crippen molar-refractivity contribution >= 4 is 21.8 Å². The van der Waals surface area contributed by atoms with Gasteiger partial charge in [0.05, 0.1) is 12.0 Å². The quantitative estimate of drug-likeness (QED) is 0.810. The molecule has 2 N–H and O–H groups in total. The fourth-order valence-electron chi connectivity index (χ4n) is 3.02. The van der Waals surface area contributed by atoms with E-state index in [4.69, 9.17) is 4.74 Å². The summed E-state index contributed by atoms with van der Waals surface area (Å²) in [6.07, 6.45) is 2.50. The average Bonchev–Trinajstić information content (AvgIpc) is 2.51. The van der Waals surface area contributed by atoms with E-state index in [2.05, 4.69) is 45.6 Å². The molecule has 1 amide bonds. The molecule has 1 atom stereocenters. The molecule has 0 spiro atoms. The number of rotatable bonds is 6. The maximum absolute atomic E-state index is 12.7. The van der Waals surface area contributed by atoms with Crippen molar-refractivity contribution in [3.63, 3.8) is 0 Å². The standard InChI is InChI=1S/C17H25BrN2O2/c1-13(11-14-3-5-15(18)6-4-14)20-16(21)17(12-22-2)7-9-19-10-8-17/h3-6,13,19H,7-12H2,1-2H3,(H,20,21). The van der Waals surface area contributed by atoms with E-state index in [1.807, 2.05) is 12.1 Å². The molecule has 1 aromatic carbocycles. The lowest BCUT2D eigenvalue weighted by Gasteiger charge is -2.36. The molecule has 1 unspecified atom stereocenters. The van der Waals surface area contributed by atoms with Crippen LogP contribution in [0.1, 0.15) is 25.3 Å². The van der Waals surface area contributed by atoms with Gasteiger partial charge in [0.2, 0.25) is 5.91 Å². The van der Waals surface area contributed by atoms with Crippen LogP contribution in [0.2, 0.25) is 0 Å². The minimum absolute atomic E-state index is 0.109. The van der Waals surface area contributed by atoms with Gasteiger partial charge in [0.25, 0.3) is 0 Å². The molecule has 22 heavy (non-hydrogen) atoms. The van der Waals surface area contributed by atoms with E-state index in [-0.39, 0.29) is 17.4 Å². The lowest BCUT2D eigenvalue weighted by atomic mass is 9.78. The predicted octanol–water partition coefficient (Wildman–Crippen LogP) is 2.51. The summed E-state index contributed by atoms with van der Waals surface area (Å²) in [7, 11) is 1.67. The van der Waals surface area contributed by atoms with Crippen molar-refractivity contribution in [2.24, 2.45) is 5.41 Å². The molecule has 5 heteroatoms. The maximum Gasteiger partial charge on any atom is 0.228 e. The highest BCUT2D eigenvalue weighted by atomic mass is 79.9. The molecule has 4 nitrogen and oxygen atoms in total. The van der Waals surface area contributed by atoms with Gasteiger partial charge in [-0.05, 0) is 57.0 Å². The van der Waals surface area contributed by atoms with Gasteiger partial charge < -0.3 is 15.4 Å². The van der Waals surface area contributed by atoms with Crippen molar-refractivity contribution in [1.82, 2.24) is 10.6 Å². The van der Waals surface area contributed by atoms with Crippen LogP contribution in [0, 0.1) is 5.41 Å². The number of nitrogens with one attached hydrogen (secondary N) is 2. The Morgan fingerprint density at radius 2 is 2.00 bits per heavy atom. The Morgan fingerprint density at radius 3 is 2.59 bits per heavy atom. The molecule has 1 aliphatic heterocycles. The first-order chi connectivity index (χ1) is 10.6. The number of benzene rings is 1. The van der Waals surface area contributed by atoms with E-state index in [1.165, 1.54) is 5.56 Å². The Bertz CT molecular complexity index is 478. The van der Waals surface area contributed by atoms with Crippen LogP contribution in [-0.2, 0) is 16.0 Å². The zero-order valence-corrected chi connectivity index (χ0v) is 14.9. The lowest BCUT2D eigenvalue weighted by Crippen LogP contribution is -2.52. The molecule has 1 saturated heterocycles. The van der Waals surface area contributed by atoms with E-state index in [0.29, 0.717) is 6.61 Å². The van der Waals surface area contributed by atoms with Gasteiger partial charge in [0.1, 0.15) is 0 Å². The monoisotopic (exact) mass is 368 g/mol. The summed E-state index contributed by atoms with van der Waals surface area (Å²) < 4.78 is 6.40. The van der Waals surface area contributed by atoms with Gasteiger partial charge >= 0.3 is 0 Å². The summed E-state index contributed by atoms with van der Waals surface area (Å²) in [6, 6.07) is 8.34. The summed E-state index contributed by atoms with van der Waals surface area (Å²) in [5, 5.41) is 6.49. The van der Waals surface area contributed by atoms with E-state index in [1.54, 1.807) is 7.11 Å². The number of halogens is 1. The maximum atomic E-state index is 12.7. The van der Waals surface area contributed by atoms with Crippen molar-refractivity contribution in [2.45, 2.75) is 32.2 Å². The molecule has 0 aromatic heterocycles. The van der Waals surface area contributed by atoms with Crippen LogP contribution in [0.5, 0.6) is 0 Å². The zero-order chi connectivity index (χ0) is 16.0. The number of ether oxygens (including phenoxy) is 1. The highest BCUT2D eigenvalue weighted by Gasteiger charge is 2.39. The Labute approximate surface area is 141 Å². The molecule has 0 saturated carbocycles. The highest BCUT2D eigenvalue weighted by molar-refractivity contribution is 9.10. The molecule has 1 fully saturated rings. The van der Waals surface area contributed by atoms with E-state index >= 15 is 0 Å². The third kappa shape index (κ3) is 4.54. The van der Waals surface area contributed by atoms with Crippen molar-refractivity contribution in [2.75, 3.05) is 26.8 Å². The smallest absolute Gasteiger partial charge is 0.228 e. The molecule has 122 valence electrons. The SMILES string of the molecule is COCC1(C(=O)NC(C)Cc2ccc(Br)cc2)CCNCC1. The Balaban J connectivity index is 1.95. The summed E-state index contributed by atoms with van der Waals surface area (Å²) in [5.41, 5.74) is 0.843. The van der Waals surface area contributed by atoms with E-state index < -0.39 is 0 Å². The molecule has 0 aliphatic carbocycles. The van der Waals surface area contributed by atoms with Crippen molar-refractivity contribution in [3.8, 4) is 0 Å². The van der Waals surface area contributed by atoms with Crippen molar-refractivity contribution < 1.29 is 9.53 Å². The molecule has 1 aromatic rings. The molecule has 2 rings (SSSR count). The third-order valence-electron chi connectivity index (χ3n) is 4.30. The van der Waals surface area contributed by atoms with Gasteiger partial charge in [-0.25, -0.2) is 0 Å². The predicted molar refractivity (Wildman–Crippen MR) is 91.9 cm³/mol. The van der Waals surface area contributed by atoms with Crippen LogP contribution < -0.4 is 10.6 Å². The van der Waals surface area contributed by atoms with Crippen molar-refractivity contribution in [1.29, 1.82) is 0 Å². The van der Waals surface area contributed by atoms with Gasteiger partial charge in [0, 0.05) is 17.6 Å². The number of methoxy groups -OCH3 is 1. The first-order valence-corrected chi connectivity index (χ1v) is 8.60. The number of carbonyl (C=O) groups is 1. The summed E-state index contributed by atoms with van der Waals surface area (Å²) in [5.74, 6) is 0.125. The van der Waals surface area contributed by atoms with Crippen LogP contribution in [0.15, 0.2) is 28.7 Å². The third-order valence-corrected chi connectivity index (χ3v) is 4.82. The Hall–Kier alpha value is -0.910. The second kappa shape index (κ2) is 8.09. The van der Waals surface area contributed by atoms with Gasteiger partial charge in [-0.15, -0.1) is 0 Å². The molecular formula is C17H25BrN2O2. The lowest BCUT2D eigenvalue weighted by molar-refractivity contribution is -0.136. The first kappa shape index (κ1) is 17.4. The van der Waals surface area contributed by atoms with Gasteiger partial charge in [0.15, 0.2) is 0 Å². The fourth-order valence-corrected chi connectivity index (χ4v) is 3.28. The zero-order valence-electron chi connectivity index (χ0n) is 13.3. The second-order valence-electron chi connectivity index (χ2n) is 6.17. The van der Waals surface area contributed by atoms with Crippen LogP contribution in [-0.4, -0.2) is 38.8 Å². The van der Waals surface area contributed by atoms with E-state index in [9.17, 15) is 4.79 Å². The summed E-state index contributed by atoms with van der Waals surface area (Å²) in [6.45, 7) is 4.29. The van der Waals surface area contributed by atoms with Crippen LogP contribution >= 0.6 is 15.9 Å². The Kier molecular flexibility index (Phi) is 6.41. The number of amides is 1. The molecule has 0 bridgehead atoms. The van der Waals surface area contributed by atoms with Gasteiger partial charge in [-0.3, -0.25) is 4.79 Å². The average molecular weight is 369 g/mol. The Morgan fingerprint density at radius 1 is 1.36 bits per heavy atom. The first-order valence-electron chi connectivity index (χ1n) is 7.81. The van der Waals surface area contributed by atoms with Crippen LogP contribution in [0.3, 0.4) is 0 Å².